The highest BCUT2D eigenvalue weighted by atomic mass is 19.3. The normalized spacial score (nSPS) is 15.8. The number of carbonyl (C=O) groups is 2. The summed E-state index contributed by atoms with van der Waals surface area (Å²) >= 11 is 0. The first-order valence-electron chi connectivity index (χ1n) is 7.80. The number of alkyl halides is 2. The Hall–Kier alpha value is -3.16. The van der Waals surface area contributed by atoms with Crippen molar-refractivity contribution in [2.24, 2.45) is 0 Å². The van der Waals surface area contributed by atoms with Crippen LogP contribution in [0.2, 0.25) is 0 Å². The number of rotatable bonds is 5. The number of ether oxygens (including phenoxy) is 2. The molecule has 1 aliphatic heterocycles. The second-order valence-corrected chi connectivity index (χ2v) is 5.63. The van der Waals surface area contributed by atoms with Crippen molar-refractivity contribution in [1.29, 1.82) is 0 Å². The van der Waals surface area contributed by atoms with Gasteiger partial charge in [0.05, 0.1) is 13.0 Å². The van der Waals surface area contributed by atoms with Gasteiger partial charge in [0.1, 0.15) is 0 Å². The topological polar surface area (TPSA) is 76.7 Å². The zero-order chi connectivity index (χ0) is 18.7. The Kier molecular flexibility index (Phi) is 5.01. The summed E-state index contributed by atoms with van der Waals surface area (Å²) < 4.78 is 34.4. The van der Waals surface area contributed by atoms with Crippen LogP contribution < -0.4 is 20.1 Å². The van der Waals surface area contributed by atoms with Gasteiger partial charge in [-0.2, -0.15) is 8.78 Å². The van der Waals surface area contributed by atoms with Gasteiger partial charge in [-0.15, -0.1) is 0 Å². The SMILES string of the molecule is COc1ccc(NC(=O)C2CC(=O)Nc3ccccc32)cc1OC(F)F. The Morgan fingerprint density at radius 3 is 2.73 bits per heavy atom. The maximum Gasteiger partial charge on any atom is 0.387 e. The maximum absolute atomic E-state index is 12.7. The smallest absolute Gasteiger partial charge is 0.387 e. The summed E-state index contributed by atoms with van der Waals surface area (Å²) in [7, 11) is 1.32. The molecular weight excluding hydrogens is 346 g/mol. The van der Waals surface area contributed by atoms with Gasteiger partial charge in [-0.3, -0.25) is 9.59 Å². The molecule has 0 saturated carbocycles. The fourth-order valence-electron chi connectivity index (χ4n) is 2.82. The predicted molar refractivity (Wildman–Crippen MR) is 90.7 cm³/mol. The van der Waals surface area contributed by atoms with Gasteiger partial charge < -0.3 is 20.1 Å². The van der Waals surface area contributed by atoms with E-state index in [4.69, 9.17) is 4.74 Å². The van der Waals surface area contributed by atoms with Crippen LogP contribution in [0.1, 0.15) is 17.9 Å². The van der Waals surface area contributed by atoms with E-state index in [1.807, 2.05) is 0 Å². The molecule has 1 heterocycles. The lowest BCUT2D eigenvalue weighted by molar-refractivity contribution is -0.123. The van der Waals surface area contributed by atoms with Crippen molar-refractivity contribution >= 4 is 23.2 Å². The van der Waals surface area contributed by atoms with Crippen LogP contribution in [0, 0.1) is 0 Å². The molecule has 1 aliphatic rings. The molecule has 0 saturated heterocycles. The molecule has 26 heavy (non-hydrogen) atoms. The fraction of sp³-hybridized carbons (Fsp3) is 0.222. The average Bonchev–Trinajstić information content (AvgIpc) is 2.60. The van der Waals surface area contributed by atoms with E-state index < -0.39 is 18.4 Å². The van der Waals surface area contributed by atoms with Gasteiger partial charge in [-0.05, 0) is 23.8 Å². The van der Waals surface area contributed by atoms with Crippen molar-refractivity contribution in [2.45, 2.75) is 19.0 Å². The average molecular weight is 362 g/mol. The molecule has 0 radical (unpaired) electrons. The van der Waals surface area contributed by atoms with E-state index in [1.165, 1.54) is 25.3 Å². The van der Waals surface area contributed by atoms with Crippen LogP contribution in [-0.4, -0.2) is 25.5 Å². The van der Waals surface area contributed by atoms with Gasteiger partial charge in [0.15, 0.2) is 11.5 Å². The van der Waals surface area contributed by atoms with Crippen LogP contribution in [0.25, 0.3) is 0 Å². The number of hydrogen-bond acceptors (Lipinski definition) is 4. The number of anilines is 2. The van der Waals surface area contributed by atoms with E-state index in [0.29, 0.717) is 11.3 Å². The molecule has 0 aromatic heterocycles. The van der Waals surface area contributed by atoms with E-state index >= 15 is 0 Å². The summed E-state index contributed by atoms with van der Waals surface area (Å²) in [5, 5.41) is 5.35. The highest BCUT2D eigenvalue weighted by Crippen LogP contribution is 2.35. The number of para-hydroxylation sites is 1. The number of amides is 2. The van der Waals surface area contributed by atoms with Gasteiger partial charge in [0.25, 0.3) is 0 Å². The Balaban J connectivity index is 1.83. The minimum Gasteiger partial charge on any atom is -0.493 e. The number of halogens is 2. The van der Waals surface area contributed by atoms with Crippen LogP contribution in [0.4, 0.5) is 20.2 Å². The molecule has 6 nitrogen and oxygen atoms in total. The molecular formula is C18H16F2N2O4. The van der Waals surface area contributed by atoms with Crippen molar-refractivity contribution in [3.8, 4) is 11.5 Å². The largest absolute Gasteiger partial charge is 0.493 e. The Morgan fingerprint density at radius 1 is 1.23 bits per heavy atom. The van der Waals surface area contributed by atoms with E-state index in [1.54, 1.807) is 24.3 Å². The van der Waals surface area contributed by atoms with Gasteiger partial charge in [0, 0.05) is 23.9 Å². The molecule has 1 atom stereocenters. The minimum absolute atomic E-state index is 0.000603. The number of fused-ring (bicyclic) bond motifs is 1. The number of methoxy groups -OCH3 is 1. The molecule has 0 spiro atoms. The number of benzene rings is 2. The van der Waals surface area contributed by atoms with Crippen molar-refractivity contribution < 1.29 is 27.8 Å². The number of carbonyl (C=O) groups excluding carboxylic acids is 2. The van der Waals surface area contributed by atoms with Crippen LogP contribution in [0.15, 0.2) is 42.5 Å². The second kappa shape index (κ2) is 7.38. The predicted octanol–water partition coefficient (Wildman–Crippen LogP) is 3.36. The third-order valence-electron chi connectivity index (χ3n) is 3.96. The molecule has 2 N–H and O–H groups in total. The summed E-state index contributed by atoms with van der Waals surface area (Å²) in [5.41, 5.74) is 1.54. The highest BCUT2D eigenvalue weighted by Gasteiger charge is 2.30. The lowest BCUT2D eigenvalue weighted by Crippen LogP contribution is -2.30. The molecule has 1 unspecified atom stereocenters. The monoisotopic (exact) mass is 362 g/mol. The maximum atomic E-state index is 12.7. The van der Waals surface area contributed by atoms with E-state index in [2.05, 4.69) is 15.4 Å². The molecule has 3 rings (SSSR count). The van der Waals surface area contributed by atoms with Crippen molar-refractivity contribution in [1.82, 2.24) is 0 Å². The fourth-order valence-corrected chi connectivity index (χ4v) is 2.82. The molecule has 2 amide bonds. The molecule has 2 aromatic carbocycles. The quantitative estimate of drug-likeness (QED) is 0.855. The molecule has 2 aromatic rings. The van der Waals surface area contributed by atoms with Gasteiger partial charge in [-0.1, -0.05) is 18.2 Å². The highest BCUT2D eigenvalue weighted by molar-refractivity contribution is 6.05. The summed E-state index contributed by atoms with van der Waals surface area (Å²) in [6.07, 6.45) is -0.000603. The standard InChI is InChI=1S/C18H16F2N2O4/c1-25-14-7-6-10(8-15(14)26-18(19)20)21-17(24)12-9-16(23)22-13-5-3-2-4-11(12)13/h2-8,12,18H,9H2,1H3,(H,21,24)(H,22,23). The van der Waals surface area contributed by atoms with Gasteiger partial charge in [0.2, 0.25) is 11.8 Å². The molecule has 136 valence electrons. The third-order valence-corrected chi connectivity index (χ3v) is 3.96. The molecule has 8 heteroatoms. The number of nitrogens with one attached hydrogen (secondary N) is 2. The third kappa shape index (κ3) is 3.74. The van der Waals surface area contributed by atoms with E-state index in [0.717, 1.165) is 0 Å². The summed E-state index contributed by atoms with van der Waals surface area (Å²) in [6, 6.07) is 11.2. The second-order valence-electron chi connectivity index (χ2n) is 5.63. The molecule has 0 aliphatic carbocycles. The van der Waals surface area contributed by atoms with Crippen molar-refractivity contribution in [3.63, 3.8) is 0 Å². The first-order chi connectivity index (χ1) is 12.5. The zero-order valence-corrected chi connectivity index (χ0v) is 13.8. The first kappa shape index (κ1) is 17.7. The summed E-state index contributed by atoms with van der Waals surface area (Å²) in [4.78, 5) is 24.5. The van der Waals surface area contributed by atoms with Crippen molar-refractivity contribution in [3.05, 3.63) is 48.0 Å². The lowest BCUT2D eigenvalue weighted by Gasteiger charge is -2.24. The van der Waals surface area contributed by atoms with Gasteiger partial charge in [-0.25, -0.2) is 0 Å². The first-order valence-corrected chi connectivity index (χ1v) is 7.80. The van der Waals surface area contributed by atoms with E-state index in [9.17, 15) is 18.4 Å². The molecule has 0 bridgehead atoms. The Labute approximate surface area is 148 Å². The zero-order valence-electron chi connectivity index (χ0n) is 13.8. The van der Waals surface area contributed by atoms with E-state index in [-0.39, 0.29) is 29.5 Å². The minimum atomic E-state index is -3.02. The lowest BCUT2D eigenvalue weighted by atomic mass is 9.90. The molecule has 0 fully saturated rings. The van der Waals surface area contributed by atoms with Gasteiger partial charge >= 0.3 is 6.61 Å². The summed E-state index contributed by atoms with van der Waals surface area (Å²) in [5.74, 6) is -1.44. The number of hydrogen-bond donors (Lipinski definition) is 2. The van der Waals surface area contributed by atoms with Crippen LogP contribution in [0.3, 0.4) is 0 Å². The Morgan fingerprint density at radius 2 is 2.00 bits per heavy atom. The summed E-state index contributed by atoms with van der Waals surface area (Å²) in [6.45, 7) is -3.02. The Bertz CT molecular complexity index is 842. The van der Waals surface area contributed by atoms with Crippen molar-refractivity contribution in [2.75, 3.05) is 17.7 Å². The van der Waals surface area contributed by atoms with Crippen LogP contribution >= 0.6 is 0 Å². The van der Waals surface area contributed by atoms with Crippen LogP contribution in [-0.2, 0) is 9.59 Å². The van der Waals surface area contributed by atoms with Crippen LogP contribution in [0.5, 0.6) is 11.5 Å².